The van der Waals surface area contributed by atoms with Gasteiger partial charge in [0.25, 0.3) is 5.69 Å². The van der Waals surface area contributed by atoms with E-state index in [1.165, 1.54) is 12.1 Å². The van der Waals surface area contributed by atoms with Crippen LogP contribution in [-0.2, 0) is 16.1 Å². The first-order valence-corrected chi connectivity index (χ1v) is 5.68. The average molecular weight is 252 g/mol. The second-order valence-corrected chi connectivity index (χ2v) is 3.78. The van der Waals surface area contributed by atoms with E-state index in [0.717, 1.165) is 5.56 Å². The van der Waals surface area contributed by atoms with Crippen LogP contribution in [0.2, 0.25) is 0 Å². The summed E-state index contributed by atoms with van der Waals surface area (Å²) in [6.45, 7) is 4.27. The molecule has 1 N–H and O–H groups in total. The van der Waals surface area contributed by atoms with E-state index in [-0.39, 0.29) is 11.7 Å². The van der Waals surface area contributed by atoms with Crippen molar-refractivity contribution in [1.82, 2.24) is 5.32 Å². The first-order valence-electron chi connectivity index (χ1n) is 5.68. The number of hydrogen-bond acceptors (Lipinski definition) is 5. The molecule has 1 atom stereocenters. The van der Waals surface area contributed by atoms with Gasteiger partial charge in [0.05, 0.1) is 11.5 Å². The highest BCUT2D eigenvalue weighted by Gasteiger charge is 2.12. The normalized spacial score (nSPS) is 11.9. The average Bonchev–Trinajstić information content (AvgIpc) is 2.36. The van der Waals surface area contributed by atoms with Crippen LogP contribution in [0.5, 0.6) is 0 Å². The summed E-state index contributed by atoms with van der Waals surface area (Å²) in [6, 6.07) is 5.78. The number of nitrogens with one attached hydrogen (secondary N) is 1. The van der Waals surface area contributed by atoms with Crippen molar-refractivity contribution in [3.63, 3.8) is 0 Å². The molecule has 6 nitrogen and oxygen atoms in total. The van der Waals surface area contributed by atoms with Crippen molar-refractivity contribution in [3.8, 4) is 0 Å². The van der Waals surface area contributed by atoms with Gasteiger partial charge in [-0.05, 0) is 19.4 Å². The highest BCUT2D eigenvalue weighted by Crippen LogP contribution is 2.11. The Labute approximate surface area is 105 Å². The Hall–Kier alpha value is -1.95. The molecule has 0 radical (unpaired) electrons. The Morgan fingerprint density at radius 1 is 1.44 bits per heavy atom. The molecule has 18 heavy (non-hydrogen) atoms. The van der Waals surface area contributed by atoms with Gasteiger partial charge in [-0.1, -0.05) is 12.1 Å². The minimum absolute atomic E-state index is 0.0530. The van der Waals surface area contributed by atoms with Crippen LogP contribution in [0.4, 0.5) is 5.69 Å². The highest BCUT2D eigenvalue weighted by atomic mass is 16.6. The van der Waals surface area contributed by atoms with Crippen LogP contribution >= 0.6 is 0 Å². The third-order valence-corrected chi connectivity index (χ3v) is 2.40. The molecule has 0 saturated heterocycles. The van der Waals surface area contributed by atoms with Crippen molar-refractivity contribution in [1.29, 1.82) is 0 Å². The zero-order chi connectivity index (χ0) is 13.5. The van der Waals surface area contributed by atoms with Crippen LogP contribution in [-0.4, -0.2) is 23.5 Å². The number of carbonyl (C=O) groups excluding carboxylic acids is 1. The van der Waals surface area contributed by atoms with Gasteiger partial charge in [-0.2, -0.15) is 0 Å². The Bertz CT molecular complexity index is 417. The molecule has 1 aromatic rings. The maximum atomic E-state index is 11.3. The summed E-state index contributed by atoms with van der Waals surface area (Å²) in [5.74, 6) is -0.306. The molecule has 6 heteroatoms. The number of nitrogens with zero attached hydrogens (tertiary/aromatic N) is 1. The number of ether oxygens (including phenoxy) is 1. The van der Waals surface area contributed by atoms with E-state index in [4.69, 9.17) is 4.74 Å². The van der Waals surface area contributed by atoms with Crippen molar-refractivity contribution < 1.29 is 14.5 Å². The molecule has 1 aromatic carbocycles. The molecular formula is C12H16N2O4. The van der Waals surface area contributed by atoms with Crippen molar-refractivity contribution in [2.75, 3.05) is 6.61 Å². The largest absolute Gasteiger partial charge is 0.465 e. The fraction of sp³-hybridized carbons (Fsp3) is 0.417. The summed E-state index contributed by atoms with van der Waals surface area (Å²) in [5.41, 5.74) is 0.925. The number of nitro benzene ring substituents is 1. The van der Waals surface area contributed by atoms with Crippen molar-refractivity contribution in [3.05, 3.63) is 39.9 Å². The van der Waals surface area contributed by atoms with Crippen LogP contribution in [0.3, 0.4) is 0 Å². The van der Waals surface area contributed by atoms with E-state index in [1.807, 2.05) is 0 Å². The Balaban J connectivity index is 2.48. The van der Waals surface area contributed by atoms with Crippen molar-refractivity contribution in [2.24, 2.45) is 0 Å². The van der Waals surface area contributed by atoms with Crippen molar-refractivity contribution >= 4 is 11.7 Å². The molecule has 0 aromatic heterocycles. The quantitative estimate of drug-likeness (QED) is 0.473. The summed E-state index contributed by atoms with van der Waals surface area (Å²) in [7, 11) is 0. The minimum atomic E-state index is -0.446. The molecular weight excluding hydrogens is 236 g/mol. The lowest BCUT2D eigenvalue weighted by Gasteiger charge is -2.12. The number of benzene rings is 1. The second kappa shape index (κ2) is 6.70. The Kier molecular flexibility index (Phi) is 5.26. The van der Waals surface area contributed by atoms with Gasteiger partial charge >= 0.3 is 5.97 Å². The van der Waals surface area contributed by atoms with Gasteiger partial charge in [0.1, 0.15) is 6.04 Å². The first kappa shape index (κ1) is 14.1. The second-order valence-electron chi connectivity index (χ2n) is 3.78. The maximum Gasteiger partial charge on any atom is 0.322 e. The maximum absolute atomic E-state index is 11.3. The monoisotopic (exact) mass is 252 g/mol. The van der Waals surface area contributed by atoms with E-state index in [9.17, 15) is 14.9 Å². The Morgan fingerprint density at radius 3 is 2.56 bits per heavy atom. The third kappa shape index (κ3) is 4.14. The van der Waals surface area contributed by atoms with Crippen LogP contribution in [0, 0.1) is 10.1 Å². The zero-order valence-corrected chi connectivity index (χ0v) is 10.4. The van der Waals surface area contributed by atoms with Gasteiger partial charge in [0, 0.05) is 18.7 Å². The van der Waals surface area contributed by atoms with Gasteiger partial charge in [0.2, 0.25) is 0 Å². The van der Waals surface area contributed by atoms with E-state index >= 15 is 0 Å². The fourth-order valence-electron chi connectivity index (χ4n) is 1.36. The number of carbonyl (C=O) groups is 1. The molecule has 0 heterocycles. The van der Waals surface area contributed by atoms with Crippen LogP contribution in [0.25, 0.3) is 0 Å². The smallest absolute Gasteiger partial charge is 0.322 e. The molecule has 0 aliphatic heterocycles. The summed E-state index contributed by atoms with van der Waals surface area (Å²) in [5, 5.41) is 13.5. The lowest BCUT2D eigenvalue weighted by molar-refractivity contribution is -0.384. The van der Waals surface area contributed by atoms with Crippen molar-refractivity contribution in [2.45, 2.75) is 26.4 Å². The molecule has 0 amide bonds. The highest BCUT2D eigenvalue weighted by molar-refractivity contribution is 5.75. The third-order valence-electron chi connectivity index (χ3n) is 2.40. The molecule has 1 rings (SSSR count). The van der Waals surface area contributed by atoms with E-state index < -0.39 is 11.0 Å². The Morgan fingerprint density at radius 2 is 2.06 bits per heavy atom. The van der Waals surface area contributed by atoms with Crippen LogP contribution in [0.1, 0.15) is 19.4 Å². The van der Waals surface area contributed by atoms with E-state index in [2.05, 4.69) is 5.32 Å². The fourth-order valence-corrected chi connectivity index (χ4v) is 1.36. The number of nitro groups is 1. The molecule has 0 spiro atoms. The molecule has 0 bridgehead atoms. The number of hydrogen-bond donors (Lipinski definition) is 1. The summed E-state index contributed by atoms with van der Waals surface area (Å²) in [4.78, 5) is 21.4. The molecule has 1 unspecified atom stereocenters. The predicted octanol–water partition coefficient (Wildman–Crippen LogP) is 1.64. The van der Waals surface area contributed by atoms with Gasteiger partial charge in [0.15, 0.2) is 0 Å². The van der Waals surface area contributed by atoms with Gasteiger partial charge < -0.3 is 10.1 Å². The minimum Gasteiger partial charge on any atom is -0.465 e. The van der Waals surface area contributed by atoms with Crippen LogP contribution in [0.15, 0.2) is 24.3 Å². The predicted molar refractivity (Wildman–Crippen MR) is 66.0 cm³/mol. The molecule has 0 aliphatic rings. The lowest BCUT2D eigenvalue weighted by Crippen LogP contribution is -2.34. The molecule has 0 aliphatic carbocycles. The SMILES string of the molecule is CCOC(=O)C(C)NCc1ccc([N+](=O)[O-])cc1. The van der Waals surface area contributed by atoms with Gasteiger partial charge in [-0.25, -0.2) is 0 Å². The number of non-ortho nitro benzene ring substituents is 1. The van der Waals surface area contributed by atoms with E-state index in [0.29, 0.717) is 13.2 Å². The lowest BCUT2D eigenvalue weighted by atomic mass is 10.2. The molecule has 0 fully saturated rings. The topological polar surface area (TPSA) is 81.5 Å². The summed E-state index contributed by atoms with van der Waals surface area (Å²) >= 11 is 0. The molecule has 98 valence electrons. The number of esters is 1. The van der Waals surface area contributed by atoms with E-state index in [1.54, 1.807) is 26.0 Å². The zero-order valence-electron chi connectivity index (χ0n) is 10.4. The standard InChI is InChI=1S/C12H16N2O4/c1-3-18-12(15)9(2)13-8-10-4-6-11(7-5-10)14(16)17/h4-7,9,13H,3,8H2,1-2H3. The van der Waals surface area contributed by atoms with Crippen LogP contribution < -0.4 is 5.32 Å². The molecule has 0 saturated carbocycles. The first-order chi connectivity index (χ1) is 8.54. The van der Waals surface area contributed by atoms with Gasteiger partial charge in [-0.15, -0.1) is 0 Å². The van der Waals surface area contributed by atoms with Gasteiger partial charge in [-0.3, -0.25) is 14.9 Å². The summed E-state index contributed by atoms with van der Waals surface area (Å²) < 4.78 is 4.85. The summed E-state index contributed by atoms with van der Waals surface area (Å²) in [6.07, 6.45) is 0. The number of rotatable bonds is 6.